The van der Waals surface area contributed by atoms with E-state index in [-0.39, 0.29) is 6.42 Å². The maximum Gasteiger partial charge on any atom is 0.313 e. The number of methoxy groups -OCH3 is 1. The molecule has 0 aromatic rings. The van der Waals surface area contributed by atoms with E-state index >= 15 is 0 Å². The van der Waals surface area contributed by atoms with Crippen molar-refractivity contribution in [1.29, 1.82) is 0 Å². The summed E-state index contributed by atoms with van der Waals surface area (Å²) in [4.78, 5) is 22.4. The number of rotatable bonds is 5. The number of carbonyl (C=O) groups is 2. The predicted octanol–water partition coefficient (Wildman–Crippen LogP) is -2.65. The molecule has 0 spiro atoms. The van der Waals surface area contributed by atoms with Crippen LogP contribution in [0.25, 0.3) is 0 Å². The van der Waals surface area contributed by atoms with E-state index in [0.717, 1.165) is 7.11 Å². The number of ketones is 1. The summed E-state index contributed by atoms with van der Waals surface area (Å²) in [7, 11) is 1.14. The molecule has 0 amide bonds. The van der Waals surface area contributed by atoms with Gasteiger partial charge in [-0.1, -0.05) is 0 Å². The number of carbonyl (C=O) groups excluding carboxylic acids is 2. The SMILES string of the molecule is COC(=O)CC(=O)C[C@@H]1O[C@H](CO)[C@@H](O)[C@H](O)[C@H]1O. The minimum atomic E-state index is -1.53. The monoisotopic (exact) mass is 278 g/mol. The first-order chi connectivity index (χ1) is 8.90. The van der Waals surface area contributed by atoms with Gasteiger partial charge < -0.3 is 29.9 Å². The number of aliphatic hydroxyl groups excluding tert-OH is 4. The van der Waals surface area contributed by atoms with Gasteiger partial charge in [0.25, 0.3) is 0 Å². The molecule has 8 heteroatoms. The molecule has 0 aliphatic carbocycles. The molecule has 0 saturated carbocycles. The summed E-state index contributed by atoms with van der Waals surface area (Å²) in [6, 6.07) is 0. The molecule has 0 radical (unpaired) electrons. The molecule has 19 heavy (non-hydrogen) atoms. The minimum absolute atomic E-state index is 0.323. The quantitative estimate of drug-likeness (QED) is 0.316. The molecule has 1 rings (SSSR count). The molecule has 1 saturated heterocycles. The molecule has 0 bridgehead atoms. The summed E-state index contributed by atoms with van der Waals surface area (Å²) >= 11 is 0. The molecule has 1 aliphatic rings. The molecule has 8 nitrogen and oxygen atoms in total. The van der Waals surface area contributed by atoms with E-state index in [1.54, 1.807) is 0 Å². The second kappa shape index (κ2) is 6.92. The van der Waals surface area contributed by atoms with Gasteiger partial charge in [-0.25, -0.2) is 0 Å². The predicted molar refractivity (Wildman–Crippen MR) is 60.0 cm³/mol. The first-order valence-corrected chi connectivity index (χ1v) is 5.79. The molecule has 4 N–H and O–H groups in total. The van der Waals surface area contributed by atoms with Crippen molar-refractivity contribution in [2.24, 2.45) is 0 Å². The molecule has 110 valence electrons. The maximum absolute atomic E-state index is 11.5. The first kappa shape index (κ1) is 16.0. The lowest BCUT2D eigenvalue weighted by Crippen LogP contribution is -2.58. The Morgan fingerprint density at radius 2 is 1.68 bits per heavy atom. The highest BCUT2D eigenvalue weighted by atomic mass is 16.5. The van der Waals surface area contributed by atoms with Crippen molar-refractivity contribution in [3.05, 3.63) is 0 Å². The fourth-order valence-electron chi connectivity index (χ4n) is 1.88. The van der Waals surface area contributed by atoms with Crippen molar-refractivity contribution < 1.29 is 39.5 Å². The van der Waals surface area contributed by atoms with E-state index in [4.69, 9.17) is 9.84 Å². The molecular weight excluding hydrogens is 260 g/mol. The van der Waals surface area contributed by atoms with Crippen LogP contribution in [0.2, 0.25) is 0 Å². The topological polar surface area (TPSA) is 134 Å². The lowest BCUT2D eigenvalue weighted by molar-refractivity contribution is -0.229. The first-order valence-electron chi connectivity index (χ1n) is 5.79. The minimum Gasteiger partial charge on any atom is -0.469 e. The van der Waals surface area contributed by atoms with Gasteiger partial charge in [0.05, 0.1) is 19.8 Å². The van der Waals surface area contributed by atoms with Gasteiger partial charge in [0.1, 0.15) is 36.6 Å². The number of Topliss-reactive ketones (excluding diaryl/α,β-unsaturated/α-hetero) is 1. The van der Waals surface area contributed by atoms with E-state index in [1.807, 2.05) is 0 Å². The van der Waals surface area contributed by atoms with Crippen LogP contribution < -0.4 is 0 Å². The van der Waals surface area contributed by atoms with Crippen LogP contribution in [0.3, 0.4) is 0 Å². The third-order valence-electron chi connectivity index (χ3n) is 2.99. The van der Waals surface area contributed by atoms with Gasteiger partial charge in [0.15, 0.2) is 0 Å². The summed E-state index contributed by atoms with van der Waals surface area (Å²) in [6.07, 6.45) is -7.41. The highest BCUT2D eigenvalue weighted by Gasteiger charge is 2.43. The average molecular weight is 278 g/mol. The van der Waals surface area contributed by atoms with Crippen molar-refractivity contribution in [3.8, 4) is 0 Å². The van der Waals surface area contributed by atoms with Crippen LogP contribution in [-0.4, -0.2) is 76.4 Å². The van der Waals surface area contributed by atoms with Crippen molar-refractivity contribution in [2.75, 3.05) is 13.7 Å². The summed E-state index contributed by atoms with van der Waals surface area (Å²) in [5.74, 6) is -1.24. The number of aliphatic hydroxyl groups is 4. The smallest absolute Gasteiger partial charge is 0.313 e. The normalized spacial score (nSPS) is 34.9. The molecule has 1 heterocycles. The van der Waals surface area contributed by atoms with Crippen molar-refractivity contribution in [1.82, 2.24) is 0 Å². The van der Waals surface area contributed by atoms with Gasteiger partial charge in [0, 0.05) is 6.42 Å². The van der Waals surface area contributed by atoms with Crippen molar-refractivity contribution >= 4 is 11.8 Å². The second-order valence-corrected chi connectivity index (χ2v) is 4.36. The molecule has 5 atom stereocenters. The summed E-state index contributed by atoms with van der Waals surface area (Å²) in [5, 5.41) is 37.7. The fraction of sp³-hybridized carbons (Fsp3) is 0.818. The lowest BCUT2D eigenvalue weighted by atomic mass is 9.92. The van der Waals surface area contributed by atoms with E-state index in [2.05, 4.69) is 4.74 Å². The zero-order valence-electron chi connectivity index (χ0n) is 10.4. The Hall–Kier alpha value is -1.06. The van der Waals surface area contributed by atoms with Gasteiger partial charge in [-0.15, -0.1) is 0 Å². The Bertz CT molecular complexity index is 329. The fourth-order valence-corrected chi connectivity index (χ4v) is 1.88. The standard InChI is InChI=1S/C11H18O8/c1-18-8(14)3-5(13)2-6-9(15)11(17)10(16)7(4-12)19-6/h6-7,9-12,15-17H,2-4H2,1H3/t6-,7+,9-,10+,11+/m0/s1. The van der Waals surface area contributed by atoms with Crippen molar-refractivity contribution in [2.45, 2.75) is 43.4 Å². The molecular formula is C11H18O8. The molecule has 1 aliphatic heterocycles. The summed E-state index contributed by atoms with van der Waals surface area (Å²) in [6.45, 7) is -0.563. The third kappa shape index (κ3) is 3.95. The zero-order chi connectivity index (χ0) is 14.6. The third-order valence-corrected chi connectivity index (χ3v) is 2.99. The van der Waals surface area contributed by atoms with E-state index < -0.39 is 55.3 Å². The molecule has 0 aromatic carbocycles. The van der Waals surface area contributed by atoms with Crippen LogP contribution in [-0.2, 0) is 19.1 Å². The summed E-state index contributed by atoms with van der Waals surface area (Å²) < 4.78 is 9.46. The number of hydrogen-bond donors (Lipinski definition) is 4. The number of hydrogen-bond acceptors (Lipinski definition) is 8. The molecule has 0 unspecified atom stereocenters. The van der Waals surface area contributed by atoms with Gasteiger partial charge in [-0.2, -0.15) is 0 Å². The van der Waals surface area contributed by atoms with Crippen molar-refractivity contribution in [3.63, 3.8) is 0 Å². The Morgan fingerprint density at radius 3 is 2.21 bits per heavy atom. The summed E-state index contributed by atoms with van der Waals surface area (Å²) in [5.41, 5.74) is 0. The molecule has 0 aromatic heterocycles. The van der Waals surface area contributed by atoms with Gasteiger partial charge >= 0.3 is 5.97 Å². The lowest BCUT2D eigenvalue weighted by Gasteiger charge is -2.39. The Kier molecular flexibility index (Phi) is 5.83. The second-order valence-electron chi connectivity index (χ2n) is 4.36. The van der Waals surface area contributed by atoms with Crippen LogP contribution >= 0.6 is 0 Å². The van der Waals surface area contributed by atoms with Gasteiger partial charge in [0.2, 0.25) is 0 Å². The van der Waals surface area contributed by atoms with Crippen LogP contribution in [0.15, 0.2) is 0 Å². The zero-order valence-corrected chi connectivity index (χ0v) is 10.4. The van der Waals surface area contributed by atoms with E-state index in [9.17, 15) is 24.9 Å². The van der Waals surface area contributed by atoms with Crippen LogP contribution in [0.1, 0.15) is 12.8 Å². The average Bonchev–Trinajstić information content (AvgIpc) is 2.39. The highest BCUT2D eigenvalue weighted by Crippen LogP contribution is 2.23. The largest absolute Gasteiger partial charge is 0.469 e. The Labute approximate surface area is 109 Å². The van der Waals surface area contributed by atoms with Crippen LogP contribution in [0, 0.1) is 0 Å². The highest BCUT2D eigenvalue weighted by molar-refractivity contribution is 5.95. The van der Waals surface area contributed by atoms with Gasteiger partial charge in [-0.3, -0.25) is 9.59 Å². The van der Waals surface area contributed by atoms with Crippen LogP contribution in [0.5, 0.6) is 0 Å². The molecule has 1 fully saturated rings. The van der Waals surface area contributed by atoms with E-state index in [0.29, 0.717) is 0 Å². The number of esters is 1. The number of ether oxygens (including phenoxy) is 2. The Morgan fingerprint density at radius 1 is 1.11 bits per heavy atom. The Balaban J connectivity index is 2.61. The van der Waals surface area contributed by atoms with E-state index in [1.165, 1.54) is 0 Å². The maximum atomic E-state index is 11.5. The van der Waals surface area contributed by atoms with Gasteiger partial charge in [-0.05, 0) is 0 Å². The van der Waals surface area contributed by atoms with Crippen LogP contribution in [0.4, 0.5) is 0 Å².